The van der Waals surface area contributed by atoms with Crippen molar-refractivity contribution in [3.63, 3.8) is 0 Å². The first-order valence-electron chi connectivity index (χ1n) is 16.8. The molecule has 0 aliphatic carbocycles. The van der Waals surface area contributed by atoms with Gasteiger partial charge in [-0.2, -0.15) is 0 Å². The molecule has 0 spiro atoms. The summed E-state index contributed by atoms with van der Waals surface area (Å²) in [5.74, 6) is 2.79. The summed E-state index contributed by atoms with van der Waals surface area (Å²) < 4.78 is 6.08. The largest absolute Gasteiger partial charge is 0.488 e. The first-order chi connectivity index (χ1) is 24.8. The summed E-state index contributed by atoms with van der Waals surface area (Å²) in [4.78, 5) is 15.2. The van der Waals surface area contributed by atoms with E-state index >= 15 is 0 Å². The van der Waals surface area contributed by atoms with Crippen LogP contribution in [0.15, 0.2) is 176 Å². The Hall–Kier alpha value is -6.65. The zero-order chi connectivity index (χ0) is 33.3. The number of aromatic nitrogens is 3. The van der Waals surface area contributed by atoms with E-state index in [4.69, 9.17) is 19.7 Å². The van der Waals surface area contributed by atoms with Crippen molar-refractivity contribution in [3.05, 3.63) is 181 Å². The third kappa shape index (κ3) is 5.63. The lowest BCUT2D eigenvalue weighted by atomic mass is 9.88. The average molecular weight is 642 g/mol. The number of benzene rings is 7. The molecule has 236 valence electrons. The zero-order valence-corrected chi connectivity index (χ0v) is 27.2. The van der Waals surface area contributed by atoms with Gasteiger partial charge in [-0.25, -0.2) is 15.0 Å². The molecule has 0 amide bonds. The minimum atomic E-state index is 0.548. The van der Waals surface area contributed by atoms with Crippen LogP contribution in [0.1, 0.15) is 5.56 Å². The van der Waals surface area contributed by atoms with Crippen molar-refractivity contribution in [1.29, 1.82) is 0 Å². The van der Waals surface area contributed by atoms with E-state index in [1.54, 1.807) is 0 Å². The fourth-order valence-electron chi connectivity index (χ4n) is 6.71. The van der Waals surface area contributed by atoms with Gasteiger partial charge in [-0.15, -0.1) is 0 Å². The Bertz CT molecular complexity index is 2360. The number of fused-ring (bicyclic) bond motifs is 3. The molecule has 1 aliphatic heterocycles. The van der Waals surface area contributed by atoms with Crippen LogP contribution >= 0.6 is 0 Å². The van der Waals surface area contributed by atoms with Crippen LogP contribution in [-0.4, -0.2) is 15.0 Å². The van der Waals surface area contributed by atoms with Crippen molar-refractivity contribution in [2.24, 2.45) is 0 Å². The Morgan fingerprint density at radius 3 is 1.40 bits per heavy atom. The maximum Gasteiger partial charge on any atom is 0.164 e. The zero-order valence-electron chi connectivity index (χ0n) is 27.2. The van der Waals surface area contributed by atoms with Crippen molar-refractivity contribution in [2.75, 3.05) is 0 Å². The highest BCUT2D eigenvalue weighted by atomic mass is 16.5. The fraction of sp³-hybridized carbons (Fsp3) is 0.0217. The molecule has 0 saturated heterocycles. The van der Waals surface area contributed by atoms with Crippen LogP contribution in [-0.2, 0) is 6.61 Å². The summed E-state index contributed by atoms with van der Waals surface area (Å²) in [6, 6.07) is 60.9. The lowest BCUT2D eigenvalue weighted by Gasteiger charge is -2.23. The molecule has 0 fully saturated rings. The Morgan fingerprint density at radius 1 is 0.340 bits per heavy atom. The van der Waals surface area contributed by atoms with Gasteiger partial charge in [-0.3, -0.25) is 0 Å². The second-order valence-corrected chi connectivity index (χ2v) is 12.4. The van der Waals surface area contributed by atoms with Crippen LogP contribution in [0.5, 0.6) is 5.75 Å². The summed E-state index contributed by atoms with van der Waals surface area (Å²) >= 11 is 0. The molecule has 1 aromatic heterocycles. The van der Waals surface area contributed by atoms with E-state index < -0.39 is 0 Å². The van der Waals surface area contributed by atoms with Crippen LogP contribution in [0.4, 0.5) is 0 Å². The maximum atomic E-state index is 6.08. The number of hydrogen-bond donors (Lipinski definition) is 0. The van der Waals surface area contributed by atoms with Gasteiger partial charge in [0.25, 0.3) is 0 Å². The average Bonchev–Trinajstić information content (AvgIpc) is 3.21. The quantitative estimate of drug-likeness (QED) is 0.181. The molecule has 4 nitrogen and oxygen atoms in total. The molecule has 7 aromatic carbocycles. The standard InChI is InChI=1S/C46H31N3O/c1-3-11-31(12-4-1)33-21-25-35(26-22-33)44-47-45(36-27-23-34(24-28-36)32-13-5-2-6-14-32)49-46(48-44)38-16-9-15-37(29-38)40-19-10-17-39-30-50-42-20-8-7-18-41(42)43(39)40/h1-29H,30H2. The molecular weight excluding hydrogens is 611 g/mol. The van der Waals surface area contributed by atoms with Crippen LogP contribution < -0.4 is 4.74 Å². The predicted molar refractivity (Wildman–Crippen MR) is 202 cm³/mol. The van der Waals surface area contributed by atoms with Gasteiger partial charge in [0.05, 0.1) is 0 Å². The Labute approximate surface area is 291 Å². The molecule has 2 heterocycles. The first kappa shape index (κ1) is 29.5. The molecule has 0 bridgehead atoms. The van der Waals surface area contributed by atoms with Crippen LogP contribution in [0, 0.1) is 0 Å². The van der Waals surface area contributed by atoms with Crippen LogP contribution in [0.2, 0.25) is 0 Å². The van der Waals surface area contributed by atoms with Gasteiger partial charge in [0, 0.05) is 22.3 Å². The Kier molecular flexibility index (Phi) is 7.52. The summed E-state index contributed by atoms with van der Waals surface area (Å²) in [6.45, 7) is 0.548. The lowest BCUT2D eigenvalue weighted by molar-refractivity contribution is 0.302. The van der Waals surface area contributed by atoms with Gasteiger partial charge >= 0.3 is 0 Å². The van der Waals surface area contributed by atoms with E-state index in [-0.39, 0.29) is 0 Å². The van der Waals surface area contributed by atoms with Crippen molar-refractivity contribution < 1.29 is 4.74 Å². The molecule has 0 unspecified atom stereocenters. The van der Waals surface area contributed by atoms with Gasteiger partial charge < -0.3 is 4.74 Å². The van der Waals surface area contributed by atoms with E-state index in [1.807, 2.05) is 24.3 Å². The Balaban J connectivity index is 1.15. The monoisotopic (exact) mass is 641 g/mol. The SMILES string of the molecule is c1ccc(-c2ccc(-c3nc(-c4ccc(-c5ccccc5)cc4)nc(-c4cccc(-c5cccc6c5-c5ccccc5OC6)c4)n3)cc2)cc1. The van der Waals surface area contributed by atoms with Gasteiger partial charge in [0.2, 0.25) is 0 Å². The third-order valence-electron chi connectivity index (χ3n) is 9.26. The van der Waals surface area contributed by atoms with E-state index in [9.17, 15) is 0 Å². The Morgan fingerprint density at radius 2 is 0.780 bits per heavy atom. The lowest BCUT2D eigenvalue weighted by Crippen LogP contribution is -2.06. The van der Waals surface area contributed by atoms with Crippen LogP contribution in [0.25, 0.3) is 78.7 Å². The van der Waals surface area contributed by atoms with E-state index in [0.29, 0.717) is 24.1 Å². The molecule has 50 heavy (non-hydrogen) atoms. The molecule has 9 rings (SSSR count). The normalized spacial score (nSPS) is 11.7. The smallest absolute Gasteiger partial charge is 0.164 e. The highest BCUT2D eigenvalue weighted by molar-refractivity contribution is 5.90. The molecular formula is C46H31N3O. The molecule has 0 radical (unpaired) electrons. The van der Waals surface area contributed by atoms with Crippen molar-refractivity contribution >= 4 is 0 Å². The highest BCUT2D eigenvalue weighted by Crippen LogP contribution is 2.43. The van der Waals surface area contributed by atoms with E-state index in [2.05, 4.69) is 152 Å². The van der Waals surface area contributed by atoms with Gasteiger partial charge in [0.15, 0.2) is 17.5 Å². The van der Waals surface area contributed by atoms with Crippen LogP contribution in [0.3, 0.4) is 0 Å². The van der Waals surface area contributed by atoms with Crippen molar-refractivity contribution in [3.8, 4) is 84.4 Å². The second kappa shape index (κ2) is 12.8. The summed E-state index contributed by atoms with van der Waals surface area (Å²) in [6.07, 6.45) is 0. The summed E-state index contributed by atoms with van der Waals surface area (Å²) in [7, 11) is 0. The molecule has 1 aliphatic rings. The van der Waals surface area contributed by atoms with E-state index in [1.165, 1.54) is 22.3 Å². The number of ether oxygens (including phenoxy) is 1. The van der Waals surface area contributed by atoms with Crippen molar-refractivity contribution in [2.45, 2.75) is 6.61 Å². The number of para-hydroxylation sites is 1. The number of rotatable bonds is 6. The number of nitrogens with zero attached hydrogens (tertiary/aromatic N) is 3. The highest BCUT2D eigenvalue weighted by Gasteiger charge is 2.21. The third-order valence-corrected chi connectivity index (χ3v) is 9.26. The van der Waals surface area contributed by atoms with Gasteiger partial charge in [0.1, 0.15) is 12.4 Å². The summed E-state index contributed by atoms with van der Waals surface area (Å²) in [5.41, 5.74) is 13.2. The molecule has 0 N–H and O–H groups in total. The molecule has 0 saturated carbocycles. The number of hydrogen-bond acceptors (Lipinski definition) is 4. The van der Waals surface area contributed by atoms with Crippen molar-refractivity contribution in [1.82, 2.24) is 15.0 Å². The molecule has 4 heteroatoms. The molecule has 0 atom stereocenters. The molecule has 8 aromatic rings. The second-order valence-electron chi connectivity index (χ2n) is 12.4. The minimum absolute atomic E-state index is 0.548. The first-order valence-corrected chi connectivity index (χ1v) is 16.8. The summed E-state index contributed by atoms with van der Waals surface area (Å²) in [5, 5.41) is 0. The predicted octanol–water partition coefficient (Wildman–Crippen LogP) is 11.4. The minimum Gasteiger partial charge on any atom is -0.488 e. The fourth-order valence-corrected chi connectivity index (χ4v) is 6.71. The maximum absolute atomic E-state index is 6.08. The van der Waals surface area contributed by atoms with E-state index in [0.717, 1.165) is 50.3 Å². The van der Waals surface area contributed by atoms with Gasteiger partial charge in [-0.05, 0) is 56.6 Å². The topological polar surface area (TPSA) is 47.9 Å². The van der Waals surface area contributed by atoms with Gasteiger partial charge in [-0.1, -0.05) is 164 Å².